The second kappa shape index (κ2) is 33.3. The van der Waals surface area contributed by atoms with Gasteiger partial charge < -0.3 is 65.1 Å². The van der Waals surface area contributed by atoms with Crippen molar-refractivity contribution in [2.45, 2.75) is 248 Å². The highest BCUT2D eigenvalue weighted by molar-refractivity contribution is 5.76. The maximum absolute atomic E-state index is 13.1. The Morgan fingerprint density at radius 2 is 1.07 bits per heavy atom. The summed E-state index contributed by atoms with van der Waals surface area (Å²) in [5.41, 5.74) is 0. The lowest BCUT2D eigenvalue weighted by Crippen LogP contribution is -2.65. The van der Waals surface area contributed by atoms with E-state index < -0.39 is 86.8 Å². The molecule has 0 radical (unpaired) electrons. The first kappa shape index (κ1) is 53.9. The Morgan fingerprint density at radius 3 is 1.63 bits per heavy atom. The predicted octanol–water partition coefficient (Wildman–Crippen LogP) is 4.82. The average Bonchev–Trinajstić information content (AvgIpc) is 3.23. The van der Waals surface area contributed by atoms with Gasteiger partial charge in [-0.2, -0.15) is 0 Å². The lowest BCUT2D eigenvalue weighted by atomic mass is 9.97. The van der Waals surface area contributed by atoms with Gasteiger partial charge in [0.2, 0.25) is 5.91 Å². The van der Waals surface area contributed by atoms with Crippen molar-refractivity contribution in [3.63, 3.8) is 0 Å². The number of rotatable bonds is 35. The quantitative estimate of drug-likeness (QED) is 0.0308. The Balaban J connectivity index is 1.88. The molecule has 14 heteroatoms. The third kappa shape index (κ3) is 21.6. The van der Waals surface area contributed by atoms with Crippen molar-refractivity contribution in [2.75, 3.05) is 19.8 Å². The van der Waals surface area contributed by atoms with Crippen molar-refractivity contribution in [2.24, 2.45) is 0 Å². The topological polar surface area (TPSA) is 228 Å². The number of aliphatic hydroxyl groups is 8. The molecule has 2 saturated heterocycles. The molecule has 2 fully saturated rings. The van der Waals surface area contributed by atoms with Crippen LogP contribution in [0.15, 0.2) is 12.2 Å². The fourth-order valence-corrected chi connectivity index (χ4v) is 7.82. The van der Waals surface area contributed by atoms with E-state index in [4.69, 9.17) is 18.9 Å². The van der Waals surface area contributed by atoms with Gasteiger partial charge in [0.1, 0.15) is 48.8 Å². The fraction of sp³-hybridized carbons (Fsp3) is 0.933. The summed E-state index contributed by atoms with van der Waals surface area (Å²) in [4.78, 5) is 13.1. The molecule has 14 nitrogen and oxygen atoms in total. The molecule has 0 aromatic carbocycles. The molecule has 1 amide bonds. The molecule has 12 unspecified atom stereocenters. The minimum absolute atomic E-state index is 0.218. The first-order valence-electron chi connectivity index (χ1n) is 23.4. The number of amides is 1. The number of nitrogens with one attached hydrogen (secondary N) is 1. The molecule has 0 bridgehead atoms. The number of carbonyl (C=O) groups is 1. The lowest BCUT2D eigenvalue weighted by Gasteiger charge is -2.46. The minimum atomic E-state index is -1.78. The van der Waals surface area contributed by atoms with Gasteiger partial charge in [-0.05, 0) is 38.5 Å². The van der Waals surface area contributed by atoms with Gasteiger partial charge in [0.25, 0.3) is 0 Å². The van der Waals surface area contributed by atoms with E-state index in [2.05, 4.69) is 31.3 Å². The van der Waals surface area contributed by atoms with Crippen molar-refractivity contribution in [3.8, 4) is 0 Å². The Kier molecular flexibility index (Phi) is 30.4. The van der Waals surface area contributed by atoms with Crippen LogP contribution in [0.2, 0.25) is 0 Å². The number of unbranched alkanes of at least 4 members (excludes halogenated alkanes) is 20. The van der Waals surface area contributed by atoms with Gasteiger partial charge in [0, 0.05) is 6.42 Å². The second-order valence-electron chi connectivity index (χ2n) is 16.9. The predicted molar refractivity (Wildman–Crippen MR) is 226 cm³/mol. The largest absolute Gasteiger partial charge is 0.394 e. The molecule has 2 rings (SSSR count). The maximum atomic E-state index is 13.1. The van der Waals surface area contributed by atoms with Crippen molar-refractivity contribution in [1.82, 2.24) is 5.32 Å². The lowest BCUT2D eigenvalue weighted by molar-refractivity contribution is -0.359. The van der Waals surface area contributed by atoms with Crippen molar-refractivity contribution in [1.29, 1.82) is 0 Å². The summed E-state index contributed by atoms with van der Waals surface area (Å²) in [6.07, 6.45) is 15.0. The zero-order valence-electron chi connectivity index (χ0n) is 36.5. The van der Waals surface area contributed by atoms with Crippen LogP contribution < -0.4 is 5.32 Å². The fourth-order valence-electron chi connectivity index (χ4n) is 7.82. The van der Waals surface area contributed by atoms with Crippen LogP contribution in [0.25, 0.3) is 0 Å². The average molecular weight is 848 g/mol. The summed E-state index contributed by atoms with van der Waals surface area (Å²) in [7, 11) is 0. The number of hydrogen-bond acceptors (Lipinski definition) is 13. The van der Waals surface area contributed by atoms with Gasteiger partial charge in [0.05, 0.1) is 32.0 Å². The minimum Gasteiger partial charge on any atom is -0.394 e. The number of ether oxygens (including phenoxy) is 4. The summed E-state index contributed by atoms with van der Waals surface area (Å²) < 4.78 is 22.7. The van der Waals surface area contributed by atoms with E-state index in [1.54, 1.807) is 0 Å². The highest BCUT2D eigenvalue weighted by atomic mass is 16.7. The normalized spacial score (nSPS) is 28.6. The maximum Gasteiger partial charge on any atom is 0.220 e. The smallest absolute Gasteiger partial charge is 0.220 e. The molecule has 2 aliphatic heterocycles. The van der Waals surface area contributed by atoms with Gasteiger partial charge >= 0.3 is 0 Å². The van der Waals surface area contributed by atoms with Crippen LogP contribution in [-0.4, -0.2) is 140 Å². The zero-order valence-corrected chi connectivity index (χ0v) is 36.5. The molecule has 12 atom stereocenters. The van der Waals surface area contributed by atoms with Crippen LogP contribution in [0.1, 0.15) is 174 Å². The van der Waals surface area contributed by atoms with Crippen LogP contribution in [0.5, 0.6) is 0 Å². The summed E-state index contributed by atoms with van der Waals surface area (Å²) in [5, 5.41) is 86.6. The SMILES string of the molecule is CCCCCC/C=C\CCCCCCCC(=O)NC(COC1OC(CO)C(OC2OC(CO)C(O)C(O)C2O)C(O)C1O)C(O)CCCCCCCCCCCCCC. The standard InChI is InChI=1S/C45H85NO13/c1-3-5-7-9-11-13-15-17-19-21-23-25-27-29-37(50)46-33(34(49)28-26-24-22-20-18-16-14-12-10-8-6-4-2)32-56-44-42(55)40(53)43(36(31-48)58-44)59-45-41(54)39(52)38(51)35(30-47)57-45/h13,15,33-36,38-45,47-49,51-55H,3-12,14,16-32H2,1-2H3,(H,46,50)/b15-13-. The van der Waals surface area contributed by atoms with Crippen molar-refractivity contribution in [3.05, 3.63) is 12.2 Å². The molecule has 9 N–H and O–H groups in total. The second-order valence-corrected chi connectivity index (χ2v) is 16.9. The van der Waals surface area contributed by atoms with E-state index in [-0.39, 0.29) is 12.5 Å². The van der Waals surface area contributed by atoms with E-state index in [9.17, 15) is 45.6 Å². The van der Waals surface area contributed by atoms with E-state index in [1.807, 2.05) is 0 Å². The summed E-state index contributed by atoms with van der Waals surface area (Å²) in [6.45, 7) is 2.80. The number of hydrogen-bond donors (Lipinski definition) is 9. The summed E-state index contributed by atoms with van der Waals surface area (Å²) in [5.74, 6) is -0.218. The molecule has 59 heavy (non-hydrogen) atoms. The molecular weight excluding hydrogens is 762 g/mol. The summed E-state index contributed by atoms with van der Waals surface area (Å²) >= 11 is 0. The monoisotopic (exact) mass is 848 g/mol. The Labute approximate surface area is 355 Å². The van der Waals surface area contributed by atoms with E-state index in [0.717, 1.165) is 64.2 Å². The van der Waals surface area contributed by atoms with Crippen LogP contribution >= 0.6 is 0 Å². The molecule has 0 spiro atoms. The van der Waals surface area contributed by atoms with Crippen LogP contribution in [0.3, 0.4) is 0 Å². The van der Waals surface area contributed by atoms with Gasteiger partial charge in [-0.15, -0.1) is 0 Å². The zero-order chi connectivity index (χ0) is 43.3. The Morgan fingerprint density at radius 1 is 0.593 bits per heavy atom. The van der Waals surface area contributed by atoms with E-state index in [1.165, 1.54) is 77.0 Å². The molecule has 0 aliphatic carbocycles. The highest BCUT2D eigenvalue weighted by Crippen LogP contribution is 2.30. The van der Waals surface area contributed by atoms with Crippen LogP contribution in [0.4, 0.5) is 0 Å². The molecule has 348 valence electrons. The van der Waals surface area contributed by atoms with Crippen molar-refractivity contribution < 1.29 is 64.6 Å². The van der Waals surface area contributed by atoms with Gasteiger partial charge in [-0.3, -0.25) is 4.79 Å². The molecular formula is C45H85NO13. The number of carbonyl (C=O) groups excluding carboxylic acids is 1. The molecule has 0 aromatic heterocycles. The van der Waals surface area contributed by atoms with Gasteiger partial charge in [-0.25, -0.2) is 0 Å². The third-order valence-electron chi connectivity index (χ3n) is 11.7. The number of allylic oxidation sites excluding steroid dienone is 2. The first-order chi connectivity index (χ1) is 28.6. The van der Waals surface area contributed by atoms with E-state index in [0.29, 0.717) is 19.3 Å². The van der Waals surface area contributed by atoms with E-state index >= 15 is 0 Å². The van der Waals surface area contributed by atoms with Gasteiger partial charge in [0.15, 0.2) is 12.6 Å². The molecule has 2 aliphatic rings. The van der Waals surface area contributed by atoms with Crippen LogP contribution in [-0.2, 0) is 23.7 Å². The molecule has 2 heterocycles. The Bertz CT molecular complexity index is 1050. The summed E-state index contributed by atoms with van der Waals surface area (Å²) in [6, 6.07) is -0.826. The number of aliphatic hydroxyl groups excluding tert-OH is 8. The molecule has 0 aromatic rings. The van der Waals surface area contributed by atoms with Gasteiger partial charge in [-0.1, -0.05) is 142 Å². The van der Waals surface area contributed by atoms with Crippen molar-refractivity contribution >= 4 is 5.91 Å². The van der Waals surface area contributed by atoms with Crippen LogP contribution in [0, 0.1) is 0 Å². The molecule has 0 saturated carbocycles. The highest BCUT2D eigenvalue weighted by Gasteiger charge is 2.51. The third-order valence-corrected chi connectivity index (χ3v) is 11.7. The first-order valence-corrected chi connectivity index (χ1v) is 23.4. The Hall–Kier alpha value is -1.27.